The van der Waals surface area contributed by atoms with Crippen molar-refractivity contribution in [2.75, 3.05) is 13.2 Å². The third-order valence-corrected chi connectivity index (χ3v) is 4.35. The molecule has 1 heterocycles. The molecular weight excluding hydrogens is 226 g/mol. The van der Waals surface area contributed by atoms with Gasteiger partial charge in [0.25, 0.3) is 0 Å². The summed E-state index contributed by atoms with van der Waals surface area (Å²) in [6.07, 6.45) is 4.51. The molecule has 0 spiro atoms. The highest BCUT2D eigenvalue weighted by Crippen LogP contribution is 2.47. The van der Waals surface area contributed by atoms with Crippen molar-refractivity contribution < 1.29 is 9.47 Å². The predicted octanol–water partition coefficient (Wildman–Crippen LogP) is 2.80. The molecule has 1 fully saturated rings. The van der Waals surface area contributed by atoms with Crippen LogP contribution in [0.5, 0.6) is 11.5 Å². The van der Waals surface area contributed by atoms with Crippen LogP contribution < -0.4 is 15.2 Å². The van der Waals surface area contributed by atoms with Crippen LogP contribution in [0.2, 0.25) is 0 Å². The summed E-state index contributed by atoms with van der Waals surface area (Å²) in [6.45, 7) is 5.47. The Morgan fingerprint density at radius 1 is 1.06 bits per heavy atom. The van der Waals surface area contributed by atoms with Crippen LogP contribution in [0.4, 0.5) is 0 Å². The van der Waals surface area contributed by atoms with E-state index in [1.807, 2.05) is 0 Å². The van der Waals surface area contributed by atoms with E-state index in [1.165, 1.54) is 24.0 Å². The van der Waals surface area contributed by atoms with Crippen LogP contribution >= 0.6 is 0 Å². The van der Waals surface area contributed by atoms with E-state index >= 15 is 0 Å². The number of hydrogen-bond donors (Lipinski definition) is 1. The quantitative estimate of drug-likeness (QED) is 0.830. The van der Waals surface area contributed by atoms with Gasteiger partial charge in [-0.1, -0.05) is 12.8 Å². The van der Waals surface area contributed by atoms with Gasteiger partial charge in [-0.15, -0.1) is 0 Å². The molecule has 0 saturated heterocycles. The van der Waals surface area contributed by atoms with Gasteiger partial charge in [0.1, 0.15) is 13.2 Å². The van der Waals surface area contributed by atoms with Crippen LogP contribution in [0.25, 0.3) is 0 Å². The Labute approximate surface area is 108 Å². The summed E-state index contributed by atoms with van der Waals surface area (Å²) in [4.78, 5) is 0. The second-order valence-electron chi connectivity index (χ2n) is 5.58. The lowest BCUT2D eigenvalue weighted by atomic mass is 9.86. The summed E-state index contributed by atoms with van der Waals surface area (Å²) in [7, 11) is 0. The lowest BCUT2D eigenvalue weighted by Crippen LogP contribution is -2.34. The van der Waals surface area contributed by atoms with Gasteiger partial charge in [-0.05, 0) is 43.9 Å². The van der Waals surface area contributed by atoms with E-state index in [0.717, 1.165) is 29.9 Å². The van der Waals surface area contributed by atoms with E-state index in [-0.39, 0.29) is 5.54 Å². The third kappa shape index (κ3) is 1.69. The smallest absolute Gasteiger partial charge is 0.166 e. The van der Waals surface area contributed by atoms with Crippen molar-refractivity contribution in [1.29, 1.82) is 0 Å². The van der Waals surface area contributed by atoms with Crippen molar-refractivity contribution in [3.8, 4) is 11.5 Å². The van der Waals surface area contributed by atoms with Gasteiger partial charge < -0.3 is 15.2 Å². The number of aryl methyl sites for hydroxylation is 1. The number of fused-ring (bicyclic) bond motifs is 1. The first-order chi connectivity index (χ1) is 8.62. The normalized spacial score (nSPS) is 21.1. The van der Waals surface area contributed by atoms with Crippen molar-refractivity contribution in [2.45, 2.75) is 45.1 Å². The highest BCUT2D eigenvalue weighted by molar-refractivity contribution is 5.57. The van der Waals surface area contributed by atoms with Crippen LogP contribution in [0.1, 0.15) is 42.4 Å². The Morgan fingerprint density at radius 2 is 1.67 bits per heavy atom. The minimum atomic E-state index is -0.219. The molecule has 0 amide bonds. The van der Waals surface area contributed by atoms with E-state index in [0.29, 0.717) is 13.2 Å². The minimum Gasteiger partial charge on any atom is -0.486 e. The minimum absolute atomic E-state index is 0.219. The maximum atomic E-state index is 6.59. The SMILES string of the molecule is Cc1cc(C2(N)CCCC2)c2c(c1C)OCCO2. The Morgan fingerprint density at radius 3 is 2.33 bits per heavy atom. The molecule has 0 atom stereocenters. The number of hydrogen-bond acceptors (Lipinski definition) is 3. The molecule has 3 nitrogen and oxygen atoms in total. The van der Waals surface area contributed by atoms with Gasteiger partial charge in [0.2, 0.25) is 0 Å². The van der Waals surface area contributed by atoms with Gasteiger partial charge in [0, 0.05) is 11.1 Å². The summed E-state index contributed by atoms with van der Waals surface area (Å²) in [5.41, 5.74) is 9.94. The maximum absolute atomic E-state index is 6.59. The van der Waals surface area contributed by atoms with Crippen molar-refractivity contribution in [2.24, 2.45) is 5.73 Å². The molecule has 1 aromatic carbocycles. The molecule has 0 radical (unpaired) electrons. The molecule has 2 aliphatic rings. The van der Waals surface area contributed by atoms with Crippen LogP contribution in [0, 0.1) is 13.8 Å². The fourth-order valence-corrected chi connectivity index (χ4v) is 3.11. The summed E-state index contributed by atoms with van der Waals surface area (Å²) < 4.78 is 11.7. The highest BCUT2D eigenvalue weighted by Gasteiger charge is 2.36. The molecular formula is C15H21NO2. The van der Waals surface area contributed by atoms with E-state index in [1.54, 1.807) is 0 Å². The van der Waals surface area contributed by atoms with Crippen LogP contribution in [-0.2, 0) is 5.54 Å². The molecule has 1 aliphatic heterocycles. The number of nitrogens with two attached hydrogens (primary N) is 1. The van der Waals surface area contributed by atoms with Gasteiger partial charge >= 0.3 is 0 Å². The molecule has 0 unspecified atom stereocenters. The largest absolute Gasteiger partial charge is 0.486 e. The maximum Gasteiger partial charge on any atom is 0.166 e. The molecule has 98 valence electrons. The Balaban J connectivity index is 2.17. The van der Waals surface area contributed by atoms with Gasteiger partial charge in [-0.25, -0.2) is 0 Å². The zero-order chi connectivity index (χ0) is 12.8. The molecule has 1 aromatic rings. The van der Waals surface area contributed by atoms with Crippen LogP contribution in [-0.4, -0.2) is 13.2 Å². The van der Waals surface area contributed by atoms with Crippen molar-refractivity contribution >= 4 is 0 Å². The average Bonchev–Trinajstić information content (AvgIpc) is 2.82. The molecule has 3 heteroatoms. The molecule has 1 saturated carbocycles. The van der Waals surface area contributed by atoms with Crippen molar-refractivity contribution in [3.05, 3.63) is 22.8 Å². The highest BCUT2D eigenvalue weighted by atomic mass is 16.6. The van der Waals surface area contributed by atoms with Gasteiger partial charge in [-0.2, -0.15) is 0 Å². The second kappa shape index (κ2) is 4.16. The first-order valence-electron chi connectivity index (χ1n) is 6.81. The monoisotopic (exact) mass is 247 g/mol. The van der Waals surface area contributed by atoms with E-state index in [2.05, 4.69) is 19.9 Å². The topological polar surface area (TPSA) is 44.5 Å². The Bertz CT molecular complexity index is 476. The molecule has 2 N–H and O–H groups in total. The zero-order valence-corrected chi connectivity index (χ0v) is 11.2. The summed E-state index contributed by atoms with van der Waals surface area (Å²) >= 11 is 0. The van der Waals surface area contributed by atoms with E-state index < -0.39 is 0 Å². The first kappa shape index (κ1) is 11.8. The van der Waals surface area contributed by atoms with Crippen molar-refractivity contribution in [1.82, 2.24) is 0 Å². The fraction of sp³-hybridized carbons (Fsp3) is 0.600. The fourth-order valence-electron chi connectivity index (χ4n) is 3.11. The summed E-state index contributed by atoms with van der Waals surface area (Å²) in [6, 6.07) is 2.20. The predicted molar refractivity (Wildman–Crippen MR) is 71.2 cm³/mol. The van der Waals surface area contributed by atoms with E-state index in [9.17, 15) is 0 Å². The Hall–Kier alpha value is -1.22. The second-order valence-corrected chi connectivity index (χ2v) is 5.58. The standard InChI is InChI=1S/C15H21NO2/c1-10-9-12(15(16)5-3-4-6-15)14-13(11(10)2)17-7-8-18-14/h9H,3-8,16H2,1-2H3. The van der Waals surface area contributed by atoms with E-state index in [4.69, 9.17) is 15.2 Å². The van der Waals surface area contributed by atoms with Crippen LogP contribution in [0.3, 0.4) is 0 Å². The lowest BCUT2D eigenvalue weighted by molar-refractivity contribution is 0.165. The molecule has 0 bridgehead atoms. The zero-order valence-electron chi connectivity index (χ0n) is 11.2. The molecule has 3 rings (SSSR count). The summed E-state index contributed by atoms with van der Waals surface area (Å²) in [5, 5.41) is 0. The van der Waals surface area contributed by atoms with Gasteiger partial charge in [0.05, 0.1) is 0 Å². The van der Waals surface area contributed by atoms with Crippen LogP contribution in [0.15, 0.2) is 6.07 Å². The number of rotatable bonds is 1. The van der Waals surface area contributed by atoms with Gasteiger partial charge in [-0.3, -0.25) is 0 Å². The lowest BCUT2D eigenvalue weighted by Gasteiger charge is -2.31. The third-order valence-electron chi connectivity index (χ3n) is 4.35. The number of benzene rings is 1. The van der Waals surface area contributed by atoms with Gasteiger partial charge in [0.15, 0.2) is 11.5 Å². The van der Waals surface area contributed by atoms with Crippen molar-refractivity contribution in [3.63, 3.8) is 0 Å². The molecule has 1 aliphatic carbocycles. The first-order valence-corrected chi connectivity index (χ1v) is 6.81. The number of ether oxygens (including phenoxy) is 2. The Kier molecular flexibility index (Phi) is 2.74. The summed E-state index contributed by atoms with van der Waals surface area (Å²) in [5.74, 6) is 1.81. The molecule has 18 heavy (non-hydrogen) atoms. The molecule has 0 aromatic heterocycles. The average molecular weight is 247 g/mol.